The number of hydrogen-bond donors (Lipinski definition) is 1. The molecule has 0 saturated heterocycles. The smallest absolute Gasteiger partial charge is 0.317 e. The quantitative estimate of drug-likeness (QED) is 0.806. The number of methoxy groups -OCH3 is 1. The van der Waals surface area contributed by atoms with Crippen LogP contribution in [0, 0.1) is 11.6 Å². The van der Waals surface area contributed by atoms with Gasteiger partial charge in [-0.3, -0.25) is 9.69 Å². The summed E-state index contributed by atoms with van der Waals surface area (Å²) in [7, 11) is 1.47. The van der Waals surface area contributed by atoms with E-state index in [0.717, 1.165) is 12.1 Å². The molecule has 0 unspecified atom stereocenters. The molecule has 0 amide bonds. The van der Waals surface area contributed by atoms with Gasteiger partial charge >= 0.3 is 5.97 Å². The molecule has 0 aliphatic heterocycles. The van der Waals surface area contributed by atoms with Gasteiger partial charge < -0.3 is 9.84 Å². The molecular weight excluding hydrogens is 244 g/mol. The maximum absolute atomic E-state index is 13.4. The normalized spacial score (nSPS) is 10.9. The van der Waals surface area contributed by atoms with Gasteiger partial charge in [-0.05, 0) is 12.1 Å². The van der Waals surface area contributed by atoms with E-state index in [1.165, 1.54) is 18.1 Å². The molecule has 18 heavy (non-hydrogen) atoms. The van der Waals surface area contributed by atoms with Crippen molar-refractivity contribution in [1.82, 2.24) is 4.90 Å². The summed E-state index contributed by atoms with van der Waals surface area (Å²) in [6, 6.07) is 3.56. The van der Waals surface area contributed by atoms with Crippen LogP contribution in [0.4, 0.5) is 8.78 Å². The molecular formula is C12H15F2NO3. The van der Waals surface area contributed by atoms with Crippen LogP contribution >= 0.6 is 0 Å². The molecule has 1 aromatic carbocycles. The van der Waals surface area contributed by atoms with Crippen molar-refractivity contribution in [2.75, 3.05) is 26.8 Å². The minimum Gasteiger partial charge on any atom is -0.480 e. The highest BCUT2D eigenvalue weighted by atomic mass is 19.1. The molecule has 0 atom stereocenters. The molecule has 0 aromatic heterocycles. The van der Waals surface area contributed by atoms with Gasteiger partial charge in [0, 0.05) is 25.8 Å². The predicted molar refractivity (Wildman–Crippen MR) is 61.1 cm³/mol. The van der Waals surface area contributed by atoms with E-state index >= 15 is 0 Å². The number of halogens is 2. The van der Waals surface area contributed by atoms with E-state index in [4.69, 9.17) is 9.84 Å². The van der Waals surface area contributed by atoms with Gasteiger partial charge in [-0.25, -0.2) is 8.78 Å². The summed E-state index contributed by atoms with van der Waals surface area (Å²) in [6.45, 7) is 0.186. The number of carbonyl (C=O) groups is 1. The highest BCUT2D eigenvalue weighted by molar-refractivity contribution is 5.69. The summed E-state index contributed by atoms with van der Waals surface area (Å²) in [5, 5.41) is 8.73. The van der Waals surface area contributed by atoms with Crippen molar-refractivity contribution in [3.05, 3.63) is 35.4 Å². The molecule has 1 aromatic rings. The lowest BCUT2D eigenvalue weighted by Gasteiger charge is -2.20. The van der Waals surface area contributed by atoms with Crippen molar-refractivity contribution in [2.24, 2.45) is 0 Å². The monoisotopic (exact) mass is 259 g/mol. The second-order valence-corrected chi connectivity index (χ2v) is 3.80. The minimum atomic E-state index is -1.05. The minimum absolute atomic E-state index is 0.103. The van der Waals surface area contributed by atoms with Crippen LogP contribution in [0.25, 0.3) is 0 Å². The summed E-state index contributed by atoms with van der Waals surface area (Å²) in [5.41, 5.74) is -0.130. The Labute approximate surface area is 104 Å². The summed E-state index contributed by atoms with van der Waals surface area (Å²) < 4.78 is 31.7. The molecule has 100 valence electrons. The van der Waals surface area contributed by atoms with Crippen LogP contribution in [0.3, 0.4) is 0 Å². The number of nitrogens with zero attached hydrogens (tertiary/aromatic N) is 1. The van der Waals surface area contributed by atoms with Crippen molar-refractivity contribution < 1.29 is 23.4 Å². The molecule has 0 aliphatic carbocycles. The average Bonchev–Trinajstić information content (AvgIpc) is 2.30. The molecule has 4 nitrogen and oxygen atoms in total. The second-order valence-electron chi connectivity index (χ2n) is 3.80. The van der Waals surface area contributed by atoms with Crippen LogP contribution in [0.1, 0.15) is 5.56 Å². The Morgan fingerprint density at radius 1 is 1.39 bits per heavy atom. The number of aliphatic carboxylic acids is 1. The van der Waals surface area contributed by atoms with Gasteiger partial charge in [0.2, 0.25) is 0 Å². The SMILES string of the molecule is COCCN(CC(=O)O)Cc1c(F)cccc1F. The molecule has 1 N–H and O–H groups in total. The number of carboxylic acids is 1. The molecule has 1 rings (SSSR count). The number of ether oxygens (including phenoxy) is 1. The lowest BCUT2D eigenvalue weighted by Crippen LogP contribution is -2.32. The fourth-order valence-corrected chi connectivity index (χ4v) is 1.53. The molecule has 0 fully saturated rings. The van der Waals surface area contributed by atoms with Crippen molar-refractivity contribution in [3.8, 4) is 0 Å². The fourth-order valence-electron chi connectivity index (χ4n) is 1.53. The van der Waals surface area contributed by atoms with Gasteiger partial charge in [0.05, 0.1) is 13.2 Å². The lowest BCUT2D eigenvalue weighted by atomic mass is 10.2. The van der Waals surface area contributed by atoms with Crippen LogP contribution in [-0.2, 0) is 16.1 Å². The Balaban J connectivity index is 2.78. The number of rotatable bonds is 7. The van der Waals surface area contributed by atoms with Crippen LogP contribution in [0.15, 0.2) is 18.2 Å². The maximum atomic E-state index is 13.4. The second kappa shape index (κ2) is 7.03. The highest BCUT2D eigenvalue weighted by Gasteiger charge is 2.15. The third kappa shape index (κ3) is 4.38. The summed E-state index contributed by atoms with van der Waals surface area (Å²) in [4.78, 5) is 12.1. The van der Waals surface area contributed by atoms with E-state index in [0.29, 0.717) is 6.61 Å². The average molecular weight is 259 g/mol. The molecule has 6 heteroatoms. The molecule has 0 aliphatic rings. The van der Waals surface area contributed by atoms with E-state index in [-0.39, 0.29) is 25.2 Å². The zero-order valence-corrected chi connectivity index (χ0v) is 10.0. The van der Waals surface area contributed by atoms with Crippen molar-refractivity contribution >= 4 is 5.97 Å². The molecule has 0 heterocycles. The first-order valence-corrected chi connectivity index (χ1v) is 5.40. The first kappa shape index (κ1) is 14.5. The molecule has 0 spiro atoms. The largest absolute Gasteiger partial charge is 0.480 e. The molecule has 0 bridgehead atoms. The van der Waals surface area contributed by atoms with E-state index in [1.54, 1.807) is 0 Å². The molecule has 0 saturated carbocycles. The Morgan fingerprint density at radius 3 is 2.50 bits per heavy atom. The fraction of sp³-hybridized carbons (Fsp3) is 0.417. The third-order valence-electron chi connectivity index (χ3n) is 2.41. The summed E-state index contributed by atoms with van der Waals surface area (Å²) >= 11 is 0. The Hall–Kier alpha value is -1.53. The Morgan fingerprint density at radius 2 is 2.00 bits per heavy atom. The van der Waals surface area contributed by atoms with E-state index < -0.39 is 17.6 Å². The van der Waals surface area contributed by atoms with E-state index in [9.17, 15) is 13.6 Å². The van der Waals surface area contributed by atoms with Crippen molar-refractivity contribution in [1.29, 1.82) is 0 Å². The van der Waals surface area contributed by atoms with Gasteiger partial charge in [-0.2, -0.15) is 0 Å². The zero-order valence-electron chi connectivity index (χ0n) is 10.0. The van der Waals surface area contributed by atoms with Gasteiger partial charge in [0.15, 0.2) is 0 Å². The molecule has 0 radical (unpaired) electrons. The Bertz CT molecular complexity index is 392. The maximum Gasteiger partial charge on any atom is 0.317 e. The van der Waals surface area contributed by atoms with E-state index in [2.05, 4.69) is 0 Å². The van der Waals surface area contributed by atoms with Crippen LogP contribution < -0.4 is 0 Å². The first-order valence-electron chi connectivity index (χ1n) is 5.40. The van der Waals surface area contributed by atoms with Gasteiger partial charge in [0.25, 0.3) is 0 Å². The lowest BCUT2D eigenvalue weighted by molar-refractivity contribution is -0.138. The van der Waals surface area contributed by atoms with Crippen LogP contribution in [0.5, 0.6) is 0 Å². The Kier molecular flexibility index (Phi) is 5.67. The third-order valence-corrected chi connectivity index (χ3v) is 2.41. The van der Waals surface area contributed by atoms with E-state index in [1.807, 2.05) is 0 Å². The van der Waals surface area contributed by atoms with Gasteiger partial charge in [-0.15, -0.1) is 0 Å². The summed E-state index contributed by atoms with van der Waals surface area (Å²) in [6.07, 6.45) is 0. The predicted octanol–water partition coefficient (Wildman–Crippen LogP) is 1.50. The van der Waals surface area contributed by atoms with Gasteiger partial charge in [0.1, 0.15) is 11.6 Å². The number of benzene rings is 1. The number of hydrogen-bond acceptors (Lipinski definition) is 3. The highest BCUT2D eigenvalue weighted by Crippen LogP contribution is 2.14. The summed E-state index contributed by atoms with van der Waals surface area (Å²) in [5.74, 6) is -2.41. The topological polar surface area (TPSA) is 49.8 Å². The standard InChI is InChI=1S/C12H15F2NO3/c1-18-6-5-15(8-12(16)17)7-9-10(13)3-2-4-11(9)14/h2-4H,5-8H2,1H3,(H,16,17). The zero-order chi connectivity index (χ0) is 13.5. The first-order chi connectivity index (χ1) is 8.54. The van der Waals surface area contributed by atoms with Crippen molar-refractivity contribution in [2.45, 2.75) is 6.54 Å². The van der Waals surface area contributed by atoms with Crippen LogP contribution in [0.2, 0.25) is 0 Å². The van der Waals surface area contributed by atoms with Gasteiger partial charge in [-0.1, -0.05) is 6.07 Å². The van der Waals surface area contributed by atoms with Crippen molar-refractivity contribution in [3.63, 3.8) is 0 Å². The van der Waals surface area contributed by atoms with Crippen LogP contribution in [-0.4, -0.2) is 42.8 Å². The number of carboxylic acid groups (broad SMARTS) is 1.